The number of nitrogens with one attached hydrogen (secondary N) is 2. The van der Waals surface area contributed by atoms with Crippen molar-refractivity contribution in [2.45, 2.75) is 19.9 Å². The summed E-state index contributed by atoms with van der Waals surface area (Å²) in [4.78, 5) is 13.6. The normalized spacial score (nSPS) is 11.1. The van der Waals surface area contributed by atoms with Gasteiger partial charge in [-0.3, -0.25) is 9.47 Å². The van der Waals surface area contributed by atoms with Gasteiger partial charge in [-0.15, -0.1) is 11.3 Å². The molecule has 0 radical (unpaired) electrons. The molecule has 3 aromatic rings. The Morgan fingerprint density at radius 2 is 2.07 bits per heavy atom. The Hall–Kier alpha value is -1.96. The molecule has 2 heterocycles. The highest BCUT2D eigenvalue weighted by Gasteiger charge is 2.14. The van der Waals surface area contributed by atoms with Gasteiger partial charge in [0, 0.05) is 40.1 Å². The summed E-state index contributed by atoms with van der Waals surface area (Å²) in [5.41, 5.74) is 5.28. The van der Waals surface area contributed by atoms with Crippen molar-refractivity contribution in [3.63, 3.8) is 0 Å². The van der Waals surface area contributed by atoms with Crippen LogP contribution in [0.25, 0.3) is 16.7 Å². The van der Waals surface area contributed by atoms with Gasteiger partial charge >= 0.3 is 0 Å². The number of benzene rings is 1. The molecule has 1 aromatic carbocycles. The van der Waals surface area contributed by atoms with Crippen molar-refractivity contribution >= 4 is 44.0 Å². The number of halogens is 2. The maximum absolute atomic E-state index is 13.4. The van der Waals surface area contributed by atoms with Gasteiger partial charge < -0.3 is 10.7 Å². The number of thiophene rings is 1. The van der Waals surface area contributed by atoms with E-state index in [9.17, 15) is 9.18 Å². The second-order valence-corrected chi connectivity index (χ2v) is 8.10. The second kappa shape index (κ2) is 8.82. The molecule has 3 rings (SSSR count). The molecule has 4 nitrogen and oxygen atoms in total. The van der Waals surface area contributed by atoms with E-state index in [1.54, 1.807) is 12.3 Å². The van der Waals surface area contributed by atoms with Crippen LogP contribution in [0.3, 0.4) is 0 Å². The number of rotatable bonds is 8. The van der Waals surface area contributed by atoms with Crippen molar-refractivity contribution < 1.29 is 4.39 Å². The lowest BCUT2D eigenvalue weighted by molar-refractivity contribution is 0.652. The highest BCUT2D eigenvalue weighted by molar-refractivity contribution is 9.10. The second-order valence-electron chi connectivity index (χ2n) is 6.20. The fourth-order valence-corrected chi connectivity index (χ4v) is 4.70. The van der Waals surface area contributed by atoms with Gasteiger partial charge in [0.1, 0.15) is 5.83 Å². The van der Waals surface area contributed by atoms with Gasteiger partial charge in [-0.25, -0.2) is 4.39 Å². The van der Waals surface area contributed by atoms with Crippen molar-refractivity contribution in [1.29, 1.82) is 0 Å². The highest BCUT2D eigenvalue weighted by atomic mass is 79.9. The number of hydrogen-bond acceptors (Lipinski definition) is 4. The van der Waals surface area contributed by atoms with Gasteiger partial charge in [0.05, 0.1) is 10.4 Å². The van der Waals surface area contributed by atoms with Crippen LogP contribution in [-0.2, 0) is 6.54 Å². The minimum Gasteiger partial charge on any atom is -0.326 e. The Labute approximate surface area is 169 Å². The van der Waals surface area contributed by atoms with Gasteiger partial charge in [-0.05, 0) is 53.5 Å². The molecule has 0 amide bonds. The largest absolute Gasteiger partial charge is 0.326 e. The fourth-order valence-electron chi connectivity index (χ4n) is 2.84. The molecule has 0 saturated heterocycles. The van der Waals surface area contributed by atoms with E-state index >= 15 is 0 Å². The molecule has 7 heteroatoms. The van der Waals surface area contributed by atoms with E-state index in [4.69, 9.17) is 0 Å². The summed E-state index contributed by atoms with van der Waals surface area (Å²) in [6, 6.07) is 9.12. The lowest BCUT2D eigenvalue weighted by atomic mass is 10.2. The fraction of sp³-hybridized carbons (Fsp3) is 0.250. The van der Waals surface area contributed by atoms with Gasteiger partial charge in [0.15, 0.2) is 5.43 Å². The Morgan fingerprint density at radius 1 is 1.30 bits per heavy atom. The molecular weight excluding hydrogens is 429 g/mol. The Bertz CT molecular complexity index is 1030. The van der Waals surface area contributed by atoms with Crippen molar-refractivity contribution in [1.82, 2.24) is 9.99 Å². The molecule has 0 atom stereocenters. The molecule has 0 aliphatic carbocycles. The molecule has 2 aromatic heterocycles. The first kappa shape index (κ1) is 19.8. The summed E-state index contributed by atoms with van der Waals surface area (Å²) in [7, 11) is 0. The Kier molecular flexibility index (Phi) is 6.46. The standard InChI is InChI=1S/C20H21BrFN3OS/c1-13-18(27-20(14(2)22)19(13)21)12-23-9-5-10-24-25-11-8-17(26)15-6-3-4-7-16(15)25/h3-4,6-8,11,23-24H,2,5,9-10,12H2,1H3. The van der Waals surface area contributed by atoms with Crippen molar-refractivity contribution in [3.8, 4) is 0 Å². The number of pyridine rings is 1. The number of aromatic nitrogens is 1. The van der Waals surface area contributed by atoms with Gasteiger partial charge in [0.2, 0.25) is 0 Å². The van der Waals surface area contributed by atoms with E-state index in [1.165, 1.54) is 11.3 Å². The topological polar surface area (TPSA) is 46.1 Å². The molecule has 0 fully saturated rings. The lowest BCUT2D eigenvalue weighted by Gasteiger charge is -2.13. The van der Waals surface area contributed by atoms with Crippen LogP contribution >= 0.6 is 27.3 Å². The summed E-state index contributed by atoms with van der Waals surface area (Å²) >= 11 is 4.86. The summed E-state index contributed by atoms with van der Waals surface area (Å²) in [5.74, 6) is -0.404. The summed E-state index contributed by atoms with van der Waals surface area (Å²) < 4.78 is 16.1. The monoisotopic (exact) mass is 449 g/mol. The summed E-state index contributed by atoms with van der Waals surface area (Å²) in [6.07, 6.45) is 2.67. The third-order valence-electron chi connectivity index (χ3n) is 4.32. The average Bonchev–Trinajstić information content (AvgIpc) is 2.95. The molecular formula is C20H21BrFN3OS. The van der Waals surface area contributed by atoms with E-state index in [2.05, 4.69) is 33.3 Å². The van der Waals surface area contributed by atoms with Crippen molar-refractivity contribution in [2.24, 2.45) is 0 Å². The number of para-hydroxylation sites is 1. The zero-order valence-corrected chi connectivity index (χ0v) is 17.4. The highest BCUT2D eigenvalue weighted by Crippen LogP contribution is 2.37. The quantitative estimate of drug-likeness (QED) is 0.485. The first-order valence-electron chi connectivity index (χ1n) is 8.66. The van der Waals surface area contributed by atoms with Crippen LogP contribution in [0.4, 0.5) is 4.39 Å². The SMILES string of the molecule is C=C(F)c1sc(CNCCCNn2ccc(=O)c3ccccc32)c(C)c1Br. The minimum atomic E-state index is -0.404. The minimum absolute atomic E-state index is 0.0260. The van der Waals surface area contributed by atoms with E-state index < -0.39 is 5.83 Å². The smallest absolute Gasteiger partial charge is 0.189 e. The number of fused-ring (bicyclic) bond motifs is 1. The Balaban J connectivity index is 1.50. The van der Waals surface area contributed by atoms with E-state index in [0.29, 0.717) is 16.8 Å². The first-order chi connectivity index (χ1) is 13.0. The van der Waals surface area contributed by atoms with Crippen molar-refractivity contribution in [3.05, 3.63) is 73.1 Å². The van der Waals surface area contributed by atoms with Crippen LogP contribution < -0.4 is 16.2 Å². The van der Waals surface area contributed by atoms with Crippen molar-refractivity contribution in [2.75, 3.05) is 18.5 Å². The zero-order valence-electron chi connectivity index (χ0n) is 15.0. The zero-order chi connectivity index (χ0) is 19.4. The van der Waals surface area contributed by atoms with Crippen LogP contribution in [0.2, 0.25) is 0 Å². The molecule has 27 heavy (non-hydrogen) atoms. The summed E-state index contributed by atoms with van der Waals surface area (Å²) in [6.45, 7) is 7.65. The molecule has 0 saturated carbocycles. The number of hydrogen-bond donors (Lipinski definition) is 2. The number of nitrogens with zero attached hydrogens (tertiary/aromatic N) is 1. The Morgan fingerprint density at radius 3 is 2.81 bits per heavy atom. The molecule has 0 aliphatic heterocycles. The first-order valence-corrected chi connectivity index (χ1v) is 10.3. The average molecular weight is 450 g/mol. The van der Waals surface area contributed by atoms with Gasteiger partial charge in [-0.1, -0.05) is 18.7 Å². The molecule has 0 aliphatic rings. The molecule has 2 N–H and O–H groups in total. The van der Waals surface area contributed by atoms with E-state index in [-0.39, 0.29) is 5.43 Å². The third-order valence-corrected chi connectivity index (χ3v) is 6.90. The van der Waals surface area contributed by atoms with Crippen LogP contribution in [0, 0.1) is 6.92 Å². The maximum Gasteiger partial charge on any atom is 0.189 e. The predicted molar refractivity (Wildman–Crippen MR) is 116 cm³/mol. The molecule has 0 spiro atoms. The maximum atomic E-state index is 13.4. The van der Waals surface area contributed by atoms with Crippen LogP contribution in [-0.4, -0.2) is 17.8 Å². The third kappa shape index (κ3) is 4.48. The van der Waals surface area contributed by atoms with Crippen LogP contribution in [0.15, 0.2) is 52.4 Å². The van der Waals surface area contributed by atoms with Crippen LogP contribution in [0.5, 0.6) is 0 Å². The van der Waals surface area contributed by atoms with Crippen LogP contribution in [0.1, 0.15) is 21.7 Å². The van der Waals surface area contributed by atoms with Gasteiger partial charge in [0.25, 0.3) is 0 Å². The molecule has 142 valence electrons. The van der Waals surface area contributed by atoms with Gasteiger partial charge in [-0.2, -0.15) is 0 Å². The lowest BCUT2D eigenvalue weighted by Crippen LogP contribution is -2.23. The molecule has 0 unspecified atom stereocenters. The predicted octanol–water partition coefficient (Wildman–Crippen LogP) is 4.80. The molecule has 0 bridgehead atoms. The summed E-state index contributed by atoms with van der Waals surface area (Å²) in [5, 5.41) is 4.10. The van der Waals surface area contributed by atoms with E-state index in [0.717, 1.165) is 39.9 Å². The van der Waals surface area contributed by atoms with E-state index in [1.807, 2.05) is 35.9 Å².